The molecule has 0 fully saturated rings. The molecule has 0 aliphatic heterocycles. The van der Waals surface area contributed by atoms with Gasteiger partial charge in [-0.3, -0.25) is 9.78 Å². The molecule has 6 heteroatoms. The van der Waals surface area contributed by atoms with Gasteiger partial charge in [-0.25, -0.2) is 0 Å². The smallest absolute Gasteiger partial charge is 0.251 e. The van der Waals surface area contributed by atoms with Gasteiger partial charge in [-0.1, -0.05) is 17.3 Å². The van der Waals surface area contributed by atoms with Crippen LogP contribution in [-0.4, -0.2) is 21.9 Å². The maximum atomic E-state index is 12.1. The molecule has 1 aromatic carbocycles. The Morgan fingerprint density at radius 2 is 2.14 bits per heavy atom. The van der Waals surface area contributed by atoms with E-state index < -0.39 is 0 Å². The van der Waals surface area contributed by atoms with Crippen LogP contribution < -0.4 is 11.1 Å². The van der Waals surface area contributed by atoms with Crippen molar-refractivity contribution in [2.45, 2.75) is 13.5 Å². The number of amidine groups is 1. The second-order valence-electron chi connectivity index (χ2n) is 4.55. The predicted molar refractivity (Wildman–Crippen MR) is 79.1 cm³/mol. The Kier molecular flexibility index (Phi) is 4.50. The number of hydrogen-bond acceptors (Lipinski definition) is 4. The summed E-state index contributed by atoms with van der Waals surface area (Å²) in [5, 5.41) is 14.4. The first-order valence-electron chi connectivity index (χ1n) is 6.37. The SMILES string of the molecule is Cc1ccncc1CNC(=O)c1cccc(/C(N)=N/O)c1. The van der Waals surface area contributed by atoms with Crippen LogP contribution >= 0.6 is 0 Å². The van der Waals surface area contributed by atoms with Crippen molar-refractivity contribution in [3.05, 3.63) is 65.0 Å². The topological polar surface area (TPSA) is 101 Å². The number of nitrogens with two attached hydrogens (primary N) is 1. The first-order chi connectivity index (χ1) is 10.1. The summed E-state index contributed by atoms with van der Waals surface area (Å²) in [5.74, 6) is -0.265. The summed E-state index contributed by atoms with van der Waals surface area (Å²) in [5.41, 5.74) is 8.46. The second-order valence-corrected chi connectivity index (χ2v) is 4.55. The minimum Gasteiger partial charge on any atom is -0.409 e. The van der Waals surface area contributed by atoms with Gasteiger partial charge in [0.25, 0.3) is 5.91 Å². The van der Waals surface area contributed by atoms with Gasteiger partial charge in [0.05, 0.1) is 0 Å². The summed E-state index contributed by atoms with van der Waals surface area (Å²) in [4.78, 5) is 16.2. The number of hydrogen-bond donors (Lipinski definition) is 3. The number of pyridine rings is 1. The van der Waals surface area contributed by atoms with Crippen LogP contribution in [0.2, 0.25) is 0 Å². The van der Waals surface area contributed by atoms with Gasteiger partial charge in [-0.15, -0.1) is 0 Å². The Balaban J connectivity index is 2.09. The number of rotatable bonds is 4. The zero-order valence-corrected chi connectivity index (χ0v) is 11.6. The molecule has 4 N–H and O–H groups in total. The molecule has 1 aromatic heterocycles. The van der Waals surface area contributed by atoms with Crippen LogP contribution in [0.3, 0.4) is 0 Å². The number of aryl methyl sites for hydroxylation is 1. The minimum atomic E-state index is -0.231. The average Bonchev–Trinajstić information content (AvgIpc) is 2.53. The lowest BCUT2D eigenvalue weighted by atomic mass is 10.1. The number of carbonyl (C=O) groups excluding carboxylic acids is 1. The Morgan fingerprint density at radius 3 is 2.86 bits per heavy atom. The molecule has 0 saturated heterocycles. The number of amides is 1. The fourth-order valence-electron chi connectivity index (χ4n) is 1.84. The number of nitrogens with zero attached hydrogens (tertiary/aromatic N) is 2. The van der Waals surface area contributed by atoms with Crippen molar-refractivity contribution < 1.29 is 10.0 Å². The van der Waals surface area contributed by atoms with Crippen molar-refractivity contribution in [2.75, 3.05) is 0 Å². The second kappa shape index (κ2) is 6.51. The highest BCUT2D eigenvalue weighted by Gasteiger charge is 2.08. The van der Waals surface area contributed by atoms with Crippen LogP contribution in [0.5, 0.6) is 0 Å². The van der Waals surface area contributed by atoms with Crippen LogP contribution in [0.25, 0.3) is 0 Å². The fourth-order valence-corrected chi connectivity index (χ4v) is 1.84. The molecule has 0 radical (unpaired) electrons. The summed E-state index contributed by atoms with van der Waals surface area (Å²) < 4.78 is 0. The lowest BCUT2D eigenvalue weighted by Gasteiger charge is -2.08. The Hall–Kier alpha value is -2.89. The number of aromatic nitrogens is 1. The fraction of sp³-hybridized carbons (Fsp3) is 0.133. The van der Waals surface area contributed by atoms with Gasteiger partial charge in [-0.2, -0.15) is 0 Å². The van der Waals surface area contributed by atoms with E-state index >= 15 is 0 Å². The number of nitrogens with one attached hydrogen (secondary N) is 1. The number of benzene rings is 1. The summed E-state index contributed by atoms with van der Waals surface area (Å²) in [6.07, 6.45) is 3.43. The van der Waals surface area contributed by atoms with Gasteiger partial charge < -0.3 is 16.3 Å². The van der Waals surface area contributed by atoms with Crippen LogP contribution in [-0.2, 0) is 6.54 Å². The third-order valence-corrected chi connectivity index (χ3v) is 3.12. The van der Waals surface area contributed by atoms with Crippen molar-refractivity contribution in [2.24, 2.45) is 10.9 Å². The molecule has 0 atom stereocenters. The number of oxime groups is 1. The molecule has 0 aliphatic carbocycles. The third-order valence-electron chi connectivity index (χ3n) is 3.12. The van der Waals surface area contributed by atoms with Crippen molar-refractivity contribution >= 4 is 11.7 Å². The zero-order chi connectivity index (χ0) is 15.2. The van der Waals surface area contributed by atoms with Crippen molar-refractivity contribution in [1.29, 1.82) is 0 Å². The van der Waals surface area contributed by atoms with E-state index in [0.29, 0.717) is 17.7 Å². The Bertz CT molecular complexity index is 683. The molecule has 1 heterocycles. The molecule has 0 bridgehead atoms. The highest BCUT2D eigenvalue weighted by atomic mass is 16.4. The van der Waals surface area contributed by atoms with Gasteiger partial charge in [0, 0.05) is 30.1 Å². The van der Waals surface area contributed by atoms with E-state index in [2.05, 4.69) is 15.5 Å². The lowest BCUT2D eigenvalue weighted by molar-refractivity contribution is 0.0951. The molecule has 0 aliphatic rings. The van der Waals surface area contributed by atoms with Crippen LogP contribution in [0.1, 0.15) is 27.0 Å². The van der Waals surface area contributed by atoms with Crippen molar-refractivity contribution in [1.82, 2.24) is 10.3 Å². The maximum Gasteiger partial charge on any atom is 0.251 e. The molecule has 2 rings (SSSR count). The van der Waals surface area contributed by atoms with Crippen LogP contribution in [0.4, 0.5) is 0 Å². The molecular weight excluding hydrogens is 268 g/mol. The molecule has 2 aromatic rings. The van der Waals surface area contributed by atoms with Crippen LogP contribution in [0.15, 0.2) is 47.9 Å². The van der Waals surface area contributed by atoms with E-state index in [1.54, 1.807) is 36.7 Å². The van der Waals surface area contributed by atoms with E-state index in [9.17, 15) is 4.79 Å². The Labute approximate surface area is 122 Å². The molecular formula is C15H16N4O2. The van der Waals surface area contributed by atoms with Crippen molar-refractivity contribution in [3.63, 3.8) is 0 Å². The van der Waals surface area contributed by atoms with Gasteiger partial charge in [0.15, 0.2) is 5.84 Å². The highest BCUT2D eigenvalue weighted by Crippen LogP contribution is 2.07. The quantitative estimate of drug-likeness (QED) is 0.342. The molecule has 21 heavy (non-hydrogen) atoms. The summed E-state index contributed by atoms with van der Waals surface area (Å²) in [7, 11) is 0. The molecule has 0 saturated carbocycles. The largest absolute Gasteiger partial charge is 0.409 e. The molecule has 0 spiro atoms. The van der Waals surface area contributed by atoms with E-state index in [0.717, 1.165) is 11.1 Å². The standard InChI is InChI=1S/C15H16N4O2/c1-10-5-6-17-8-13(10)9-18-15(20)12-4-2-3-11(7-12)14(16)19-21/h2-8,21H,9H2,1H3,(H2,16,19)(H,18,20). The van der Waals surface area contributed by atoms with Crippen LogP contribution in [0, 0.1) is 6.92 Å². The number of carbonyl (C=O) groups is 1. The minimum absolute atomic E-state index is 0.0345. The molecule has 6 nitrogen and oxygen atoms in total. The first kappa shape index (κ1) is 14.5. The van der Waals surface area contributed by atoms with E-state index in [4.69, 9.17) is 10.9 Å². The van der Waals surface area contributed by atoms with E-state index in [1.165, 1.54) is 0 Å². The first-order valence-corrected chi connectivity index (χ1v) is 6.37. The highest BCUT2D eigenvalue weighted by molar-refractivity contribution is 6.01. The zero-order valence-electron chi connectivity index (χ0n) is 11.6. The maximum absolute atomic E-state index is 12.1. The van der Waals surface area contributed by atoms with E-state index in [-0.39, 0.29) is 11.7 Å². The summed E-state index contributed by atoms with van der Waals surface area (Å²) >= 11 is 0. The van der Waals surface area contributed by atoms with Gasteiger partial charge in [0.1, 0.15) is 0 Å². The lowest BCUT2D eigenvalue weighted by Crippen LogP contribution is -2.24. The third kappa shape index (κ3) is 3.56. The monoisotopic (exact) mass is 284 g/mol. The molecule has 0 unspecified atom stereocenters. The normalized spacial score (nSPS) is 11.2. The van der Waals surface area contributed by atoms with Gasteiger partial charge >= 0.3 is 0 Å². The van der Waals surface area contributed by atoms with Crippen molar-refractivity contribution in [3.8, 4) is 0 Å². The Morgan fingerprint density at radius 1 is 1.38 bits per heavy atom. The predicted octanol–water partition coefficient (Wildman–Crippen LogP) is 1.41. The molecule has 108 valence electrons. The summed E-state index contributed by atoms with van der Waals surface area (Å²) in [6, 6.07) is 8.47. The summed E-state index contributed by atoms with van der Waals surface area (Å²) in [6.45, 7) is 2.36. The van der Waals surface area contributed by atoms with E-state index in [1.807, 2.05) is 13.0 Å². The molecule has 1 amide bonds. The van der Waals surface area contributed by atoms with Gasteiger partial charge in [0.2, 0.25) is 0 Å². The van der Waals surface area contributed by atoms with Gasteiger partial charge in [-0.05, 0) is 36.2 Å². The average molecular weight is 284 g/mol.